The fourth-order valence-electron chi connectivity index (χ4n) is 4.80. The lowest BCUT2D eigenvalue weighted by Gasteiger charge is -2.24. The molecule has 0 aliphatic rings. The van der Waals surface area contributed by atoms with Gasteiger partial charge in [-0.1, -0.05) is 97.1 Å². The van der Waals surface area contributed by atoms with Crippen LogP contribution in [0.1, 0.15) is 34.7 Å². The summed E-state index contributed by atoms with van der Waals surface area (Å²) in [6.45, 7) is 3.20. The first-order valence-corrected chi connectivity index (χ1v) is 14.9. The lowest BCUT2D eigenvalue weighted by Crippen LogP contribution is -2.55. The number of carbonyl (C=O) groups excluding carboxylic acids is 3. The predicted octanol–water partition coefficient (Wildman–Crippen LogP) is 3.86. The molecule has 0 bridgehead atoms. The minimum absolute atomic E-state index is 0.130. The van der Waals surface area contributed by atoms with Gasteiger partial charge in [0.2, 0.25) is 17.7 Å². The largest absolute Gasteiger partial charge is 0.494 e. The maximum Gasteiger partial charge on any atom is 0.243 e. The fraction of sp³-hybridized carbons (Fsp3) is 0.250. The van der Waals surface area contributed by atoms with Crippen molar-refractivity contribution in [1.82, 2.24) is 16.0 Å². The Kier molecular flexibility index (Phi) is 12.1. The Morgan fingerprint density at radius 1 is 0.636 bits per heavy atom. The van der Waals surface area contributed by atoms with Gasteiger partial charge in [-0.25, -0.2) is 0 Å². The summed E-state index contributed by atoms with van der Waals surface area (Å²) >= 11 is 0. The number of hydrogen-bond acceptors (Lipinski definition) is 5. The zero-order valence-corrected chi connectivity index (χ0v) is 25.0. The molecule has 0 aliphatic carbocycles. The van der Waals surface area contributed by atoms with Crippen molar-refractivity contribution < 1.29 is 19.1 Å². The van der Waals surface area contributed by atoms with Gasteiger partial charge in [0, 0.05) is 25.9 Å². The summed E-state index contributed by atoms with van der Waals surface area (Å²) in [6.07, 6.45) is 0.662. The van der Waals surface area contributed by atoms with Crippen LogP contribution in [0.2, 0.25) is 0 Å². The Hall–Kier alpha value is -4.95. The Bertz CT molecular complexity index is 1480. The number of hydrogen-bond donors (Lipinski definition) is 4. The van der Waals surface area contributed by atoms with Crippen molar-refractivity contribution in [3.05, 3.63) is 137 Å². The molecular weight excluding hydrogens is 552 g/mol. The van der Waals surface area contributed by atoms with E-state index in [1.807, 2.05) is 116 Å². The molecule has 0 heterocycles. The Morgan fingerprint density at radius 3 is 1.75 bits per heavy atom. The molecule has 0 saturated heterocycles. The zero-order valence-electron chi connectivity index (χ0n) is 25.0. The summed E-state index contributed by atoms with van der Waals surface area (Å²) in [5.74, 6) is -0.320. The van der Waals surface area contributed by atoms with E-state index in [4.69, 9.17) is 10.5 Å². The molecule has 4 aromatic carbocycles. The Balaban J connectivity index is 1.51. The molecule has 0 fully saturated rings. The molecule has 0 radical (unpaired) electrons. The lowest BCUT2D eigenvalue weighted by molar-refractivity contribution is -0.132. The number of nitrogens with one attached hydrogen (secondary N) is 3. The molecule has 0 spiro atoms. The first-order valence-electron chi connectivity index (χ1n) is 14.9. The van der Waals surface area contributed by atoms with Crippen molar-refractivity contribution in [1.29, 1.82) is 0 Å². The van der Waals surface area contributed by atoms with E-state index in [9.17, 15) is 14.4 Å². The minimum Gasteiger partial charge on any atom is -0.494 e. The van der Waals surface area contributed by atoms with Crippen molar-refractivity contribution in [3.63, 3.8) is 0 Å². The molecule has 0 aromatic heterocycles. The summed E-state index contributed by atoms with van der Waals surface area (Å²) < 4.78 is 5.55. The average molecular weight is 593 g/mol. The molecule has 5 N–H and O–H groups in total. The van der Waals surface area contributed by atoms with E-state index < -0.39 is 18.0 Å². The van der Waals surface area contributed by atoms with Crippen LogP contribution in [-0.2, 0) is 46.7 Å². The topological polar surface area (TPSA) is 123 Å². The van der Waals surface area contributed by atoms with Crippen molar-refractivity contribution >= 4 is 17.7 Å². The summed E-state index contributed by atoms with van der Waals surface area (Å²) in [5, 5.41) is 8.80. The van der Waals surface area contributed by atoms with E-state index in [0.29, 0.717) is 19.7 Å². The van der Waals surface area contributed by atoms with Crippen LogP contribution in [0.5, 0.6) is 5.75 Å². The van der Waals surface area contributed by atoms with Gasteiger partial charge in [0.05, 0.1) is 13.0 Å². The van der Waals surface area contributed by atoms with Crippen LogP contribution in [0.3, 0.4) is 0 Å². The minimum atomic E-state index is -0.904. The average Bonchev–Trinajstić information content (AvgIpc) is 3.05. The van der Waals surface area contributed by atoms with Crippen LogP contribution in [0, 0.1) is 0 Å². The highest BCUT2D eigenvalue weighted by Crippen LogP contribution is 2.14. The first kappa shape index (κ1) is 32.0. The van der Waals surface area contributed by atoms with Gasteiger partial charge in [-0.3, -0.25) is 14.4 Å². The van der Waals surface area contributed by atoms with E-state index in [2.05, 4.69) is 16.0 Å². The molecule has 0 aliphatic heterocycles. The van der Waals surface area contributed by atoms with Gasteiger partial charge in [-0.05, 0) is 46.9 Å². The van der Waals surface area contributed by atoms with Gasteiger partial charge in [0.15, 0.2) is 0 Å². The third-order valence-electron chi connectivity index (χ3n) is 7.17. The van der Waals surface area contributed by atoms with Crippen molar-refractivity contribution in [2.75, 3.05) is 6.61 Å². The van der Waals surface area contributed by atoms with Crippen LogP contribution in [0.15, 0.2) is 109 Å². The molecule has 8 heteroatoms. The molecule has 0 saturated carbocycles. The zero-order chi connectivity index (χ0) is 31.1. The third kappa shape index (κ3) is 10.1. The normalized spacial score (nSPS) is 12.0. The van der Waals surface area contributed by atoms with Gasteiger partial charge >= 0.3 is 0 Å². The number of benzene rings is 4. The molecular formula is C36H40N4O4. The number of rotatable bonds is 15. The highest BCUT2D eigenvalue weighted by Gasteiger charge is 2.27. The number of amides is 3. The maximum atomic E-state index is 13.8. The highest BCUT2D eigenvalue weighted by molar-refractivity contribution is 5.92. The van der Waals surface area contributed by atoms with Crippen LogP contribution in [0.4, 0.5) is 0 Å². The molecule has 4 rings (SSSR count). The van der Waals surface area contributed by atoms with Crippen LogP contribution < -0.4 is 26.4 Å². The van der Waals surface area contributed by atoms with Crippen molar-refractivity contribution in [2.45, 2.75) is 51.4 Å². The van der Waals surface area contributed by atoms with E-state index in [1.54, 1.807) is 0 Å². The van der Waals surface area contributed by atoms with E-state index >= 15 is 0 Å². The summed E-state index contributed by atoms with van der Waals surface area (Å²) in [4.78, 5) is 40.4. The monoisotopic (exact) mass is 592 g/mol. The summed E-state index contributed by atoms with van der Waals surface area (Å²) in [7, 11) is 0. The van der Waals surface area contributed by atoms with Gasteiger partial charge in [0.1, 0.15) is 17.8 Å². The molecule has 8 nitrogen and oxygen atoms in total. The van der Waals surface area contributed by atoms with Gasteiger partial charge < -0.3 is 26.4 Å². The quantitative estimate of drug-likeness (QED) is 0.167. The van der Waals surface area contributed by atoms with E-state index in [0.717, 1.165) is 33.6 Å². The van der Waals surface area contributed by atoms with Crippen LogP contribution >= 0.6 is 0 Å². The Labute approximate surface area is 259 Å². The second kappa shape index (κ2) is 16.6. The van der Waals surface area contributed by atoms with Gasteiger partial charge in [0.25, 0.3) is 0 Å². The third-order valence-corrected chi connectivity index (χ3v) is 7.17. The number of ether oxygens (including phenoxy) is 1. The van der Waals surface area contributed by atoms with Gasteiger partial charge in [-0.2, -0.15) is 0 Å². The molecule has 44 heavy (non-hydrogen) atoms. The number of carbonyl (C=O) groups is 3. The Morgan fingerprint density at radius 2 is 1.16 bits per heavy atom. The van der Waals surface area contributed by atoms with Crippen molar-refractivity contribution in [3.8, 4) is 5.75 Å². The second-order valence-corrected chi connectivity index (χ2v) is 10.6. The maximum absolute atomic E-state index is 13.8. The summed E-state index contributed by atoms with van der Waals surface area (Å²) in [5.41, 5.74) is 10.2. The predicted molar refractivity (Wildman–Crippen MR) is 172 cm³/mol. The molecule has 2 atom stereocenters. The first-order chi connectivity index (χ1) is 21.4. The highest BCUT2D eigenvalue weighted by atomic mass is 16.5. The standard InChI is InChI=1S/C36H40N4O4/c1-2-44-31-19-17-28(18-20-31)22-33(39-34(41)23-27-11-7-4-8-12-27)36(43)40-32(21-26-9-5-3-6-10-26)35(42)38-25-30-15-13-29(24-37)14-16-30/h3-20,32-33H,2,21-25,37H2,1H3,(H,38,42)(H,39,41)(H,40,43)/t32-,33+/m0/s1. The van der Waals surface area contributed by atoms with E-state index in [1.165, 1.54) is 0 Å². The lowest BCUT2D eigenvalue weighted by atomic mass is 10.0. The van der Waals surface area contributed by atoms with E-state index in [-0.39, 0.29) is 31.1 Å². The smallest absolute Gasteiger partial charge is 0.243 e. The van der Waals surface area contributed by atoms with Crippen LogP contribution in [-0.4, -0.2) is 36.4 Å². The SMILES string of the molecule is CCOc1ccc(C[C@@H](NC(=O)Cc2ccccc2)C(=O)N[C@@H](Cc2ccccc2)C(=O)NCc2ccc(CN)cc2)cc1. The fourth-order valence-corrected chi connectivity index (χ4v) is 4.80. The molecule has 0 unspecified atom stereocenters. The van der Waals surface area contributed by atoms with Crippen molar-refractivity contribution in [2.24, 2.45) is 5.73 Å². The molecule has 4 aromatic rings. The second-order valence-electron chi connectivity index (χ2n) is 10.6. The number of nitrogens with two attached hydrogens (primary N) is 1. The van der Waals surface area contributed by atoms with Crippen LogP contribution in [0.25, 0.3) is 0 Å². The molecule has 3 amide bonds. The summed E-state index contributed by atoms with van der Waals surface area (Å²) in [6, 6.07) is 32.2. The van der Waals surface area contributed by atoms with Gasteiger partial charge in [-0.15, -0.1) is 0 Å². The molecule has 228 valence electrons.